The van der Waals surface area contributed by atoms with Crippen LogP contribution >= 0.6 is 47.8 Å². The summed E-state index contributed by atoms with van der Waals surface area (Å²) in [4.78, 5) is 75.5. The van der Waals surface area contributed by atoms with E-state index in [4.69, 9.17) is 10.2 Å². The van der Waals surface area contributed by atoms with Gasteiger partial charge in [0.05, 0.1) is 22.0 Å². The lowest BCUT2D eigenvalue weighted by molar-refractivity contribution is -0.401. The highest BCUT2D eigenvalue weighted by Gasteiger charge is 2.48. The monoisotopic (exact) mass is 1470 g/mol. The Bertz CT molecular complexity index is 4770. The number of carbonyl (C=O) groups is 4. The summed E-state index contributed by atoms with van der Waals surface area (Å²) in [5, 5.41) is 61.7. The van der Waals surface area contributed by atoms with Crippen molar-refractivity contribution >= 4 is 111 Å². The third-order valence-corrected chi connectivity index (χ3v) is 21.1. The highest BCUT2D eigenvalue weighted by molar-refractivity contribution is 9.11. The van der Waals surface area contributed by atoms with Crippen LogP contribution in [0.2, 0.25) is 0 Å². The molecule has 0 aromatic heterocycles. The zero-order valence-corrected chi connectivity index (χ0v) is 59.4. The summed E-state index contributed by atoms with van der Waals surface area (Å²) in [7, 11) is 9.71. The van der Waals surface area contributed by atoms with Gasteiger partial charge in [0.2, 0.25) is 22.9 Å². The van der Waals surface area contributed by atoms with Crippen molar-refractivity contribution < 1.29 is 59.0 Å². The molecule has 6 aromatic carbocycles. The van der Waals surface area contributed by atoms with Crippen LogP contribution in [0.15, 0.2) is 196 Å². The molecule has 0 saturated heterocycles. The maximum Gasteiger partial charge on any atom is 0.335 e. The van der Waals surface area contributed by atoms with Crippen molar-refractivity contribution in [2.45, 2.75) is 104 Å². The van der Waals surface area contributed by atoms with E-state index >= 15 is 0 Å². The van der Waals surface area contributed by atoms with E-state index in [-0.39, 0.29) is 80.2 Å². The van der Waals surface area contributed by atoms with Gasteiger partial charge >= 0.3 is 11.9 Å². The van der Waals surface area contributed by atoms with Crippen LogP contribution < -0.4 is 35.8 Å². The van der Waals surface area contributed by atoms with E-state index in [9.17, 15) is 49.2 Å². The van der Waals surface area contributed by atoms with E-state index in [1.165, 1.54) is 22.4 Å². The van der Waals surface area contributed by atoms with E-state index in [2.05, 4.69) is 160 Å². The molecule has 0 bridgehead atoms. The highest BCUT2D eigenvalue weighted by atomic mass is 79.9. The fourth-order valence-electron chi connectivity index (χ4n) is 13.7. The van der Waals surface area contributed by atoms with E-state index < -0.39 is 45.1 Å². The van der Waals surface area contributed by atoms with Crippen molar-refractivity contribution in [3.63, 3.8) is 0 Å². The van der Waals surface area contributed by atoms with Crippen molar-refractivity contribution in [1.82, 2.24) is 0 Å². The van der Waals surface area contributed by atoms with Gasteiger partial charge in [0.1, 0.15) is 14.1 Å². The number of carboxylic acids is 2. The van der Waals surface area contributed by atoms with Crippen molar-refractivity contribution in [3.05, 3.63) is 246 Å². The molecule has 5 heterocycles. The zero-order chi connectivity index (χ0) is 69.5. The quantitative estimate of drug-likeness (QED) is 0.0688. The maximum atomic E-state index is 13.2. The number of hydrogen-bond acceptors (Lipinski definition) is 13. The Morgan fingerprint density at radius 3 is 1.18 bits per heavy atom. The Morgan fingerprint density at radius 1 is 0.474 bits per heavy atom. The van der Waals surface area contributed by atoms with Crippen molar-refractivity contribution in [2.75, 3.05) is 49.9 Å². The summed E-state index contributed by atoms with van der Waals surface area (Å²) in [5.41, 5.74) is 12.1. The van der Waals surface area contributed by atoms with Gasteiger partial charge in [-0.05, 0) is 135 Å². The Labute approximate surface area is 577 Å². The first-order valence-electron chi connectivity index (χ1n) is 29.9. The first-order valence-corrected chi connectivity index (χ1v) is 32.3. The number of nitrogens with zero attached hydrogens (tertiary/aromatic N) is 5. The fraction of sp³-hybridized carbons (Fsp3) is 0.280. The second kappa shape index (κ2) is 24.3. The lowest BCUT2D eigenvalue weighted by Gasteiger charge is -2.32. The fourth-order valence-corrected chi connectivity index (χ4v) is 14.8. The number of rotatable bonds is 6. The molecule has 95 heavy (non-hydrogen) atoms. The number of halogens is 3. The summed E-state index contributed by atoms with van der Waals surface area (Å²) >= 11 is 10.6. The molecule has 0 atom stereocenters. The number of Topliss-reactive ketones (excluding diaryl/α,β-unsaturated/α-hetero) is 2. The molecule has 4 N–H and O–H groups in total. The normalized spacial score (nSPS) is 20.1. The Kier molecular flexibility index (Phi) is 18.0. The van der Waals surface area contributed by atoms with E-state index in [0.29, 0.717) is 0 Å². The molecule has 6 aromatic rings. The predicted molar refractivity (Wildman–Crippen MR) is 378 cm³/mol. The smallest absolute Gasteiger partial charge is 0.335 e. The summed E-state index contributed by atoms with van der Waals surface area (Å²) in [6.07, 6.45) is 6.81. The number of allylic oxidation sites excluding steroid dienone is 11. The zero-order valence-electron chi connectivity index (χ0n) is 54.6. The number of aromatic hydroxyl groups is 2. The number of carboxylic acid groups (broad SMARTS) is 2. The summed E-state index contributed by atoms with van der Waals surface area (Å²) in [6.45, 7) is 24.8. The first kappa shape index (κ1) is 70.3. The second-order valence-corrected chi connectivity index (χ2v) is 29.6. The molecule has 7 aliphatic rings. The maximum absolute atomic E-state index is 13.2. The minimum absolute atomic E-state index is 0. The second-order valence-electron chi connectivity index (χ2n) is 26.9. The topological polar surface area (TPSA) is 245 Å². The Hall–Kier alpha value is -8.98. The molecular weight excluding hydrogens is 1400 g/mol. The molecule has 0 radical (unpaired) electrons. The predicted octanol–water partition coefficient (Wildman–Crippen LogP) is 12.2. The van der Waals surface area contributed by atoms with Gasteiger partial charge in [0.15, 0.2) is 23.0 Å². The van der Waals surface area contributed by atoms with Crippen molar-refractivity contribution in [3.8, 4) is 11.5 Å². The summed E-state index contributed by atoms with van der Waals surface area (Å²) < 4.78 is 7.11. The van der Waals surface area contributed by atoms with Gasteiger partial charge in [0, 0.05) is 143 Å². The van der Waals surface area contributed by atoms with Crippen LogP contribution in [0.1, 0.15) is 125 Å². The standard InChI is InChI=1S/C30H28N2O6.C28H26Br2N2O2.C12H14BrN.C4H2O4.CH4/c1-29(2)19-11-15(27(35)36)7-9-21(19)31(5)23(29)13-17-25(33)18(26(17)34)14-24-30(3,4)20-12-16(28(37)38)8-10-22(20)32(24)6;1-27(2)19-11-15(29)7-9-21(19)31(5)23(27)13-17-25(33)18(26(17)34)14-24-28(3,4)20-12-16(30)8-10-22(20)32(24)6;1-8-12(2,3)10-7-9(13)5-6-11(10)14(8)4;5-1-2(6)4(8)3(1)7;/h7-14H,1-6H3,(H2-,33,34,35,36,37,38);7-14H,1-6H3;5-7H,1H2,2-4H3;5-6H;1H4. The molecule has 0 saturated carbocycles. The van der Waals surface area contributed by atoms with Gasteiger partial charge in [0.25, 0.3) is 10.9 Å². The Balaban J connectivity index is 0.000000169. The molecule has 0 amide bonds. The van der Waals surface area contributed by atoms with Crippen LogP contribution in [0.4, 0.5) is 28.4 Å². The van der Waals surface area contributed by atoms with Gasteiger partial charge in [-0.1, -0.05) is 115 Å². The van der Waals surface area contributed by atoms with Crippen LogP contribution in [0.5, 0.6) is 11.5 Å². The van der Waals surface area contributed by atoms with Gasteiger partial charge in [-0.15, -0.1) is 0 Å². The molecule has 0 unspecified atom stereocenters. The third-order valence-electron chi connectivity index (χ3n) is 19.6. The Morgan fingerprint density at radius 2 is 0.789 bits per heavy atom. The van der Waals surface area contributed by atoms with E-state index in [1.54, 1.807) is 60.7 Å². The number of aromatic carboxylic acids is 2. The minimum Gasteiger partial charge on any atom is -0.871 e. The third kappa shape index (κ3) is 11.3. The number of hydrogen-bond donors (Lipinski definition) is 4. The number of benzene rings is 5. The SMILES string of the molecule is C.C=C1N(C)c2ccc(Br)cc2C1(C)C.CN1C(=CC2=C([O-])C(=CC3=[N+](C)c4ccc(Br)cc4C3(C)C)C2=O)C(C)(C)c2cc(Br)ccc21.CN1C(=CC2=C([O-])C(=CC3=[N+](C)c4ccc(C(=O)O)cc4C3(C)C)C2=O)C(C)(C)c2cc(C(=O)O)ccc21.O=c1c(O)c(O)c1=O. The van der Waals surface area contributed by atoms with Crippen LogP contribution in [0.25, 0.3) is 0 Å². The average molecular weight is 1480 g/mol. The van der Waals surface area contributed by atoms with E-state index in [1.807, 2.05) is 77.5 Å². The van der Waals surface area contributed by atoms with Gasteiger partial charge < -0.3 is 45.3 Å². The first-order chi connectivity index (χ1) is 43.6. The largest absolute Gasteiger partial charge is 0.871 e. The number of ketones is 2. The minimum atomic E-state index is -1.02. The lowest BCUT2D eigenvalue weighted by Crippen LogP contribution is -2.34. The molecule has 13 rings (SSSR count). The van der Waals surface area contributed by atoms with Gasteiger partial charge in [-0.3, -0.25) is 19.2 Å². The van der Waals surface area contributed by atoms with Crippen molar-refractivity contribution in [2.24, 2.45) is 0 Å². The number of likely N-dealkylation sites (N-methyl/N-ethyl adjacent to an activating group) is 3. The van der Waals surface area contributed by atoms with Crippen LogP contribution in [0, 0.1) is 0 Å². The molecule has 492 valence electrons. The van der Waals surface area contributed by atoms with Gasteiger partial charge in [-0.25, -0.2) is 9.59 Å². The molecular formula is C75H74Br3N5O12. The lowest BCUT2D eigenvalue weighted by atomic mass is 9.77. The molecule has 0 spiro atoms. The van der Waals surface area contributed by atoms with Crippen LogP contribution in [0.3, 0.4) is 0 Å². The average Bonchev–Trinajstić information content (AvgIpc) is 1.57. The van der Waals surface area contributed by atoms with Crippen molar-refractivity contribution in [1.29, 1.82) is 0 Å². The molecule has 17 nitrogen and oxygen atoms in total. The molecule has 0 fully saturated rings. The molecule has 5 aliphatic heterocycles. The number of fused-ring (bicyclic) bond motifs is 5. The van der Waals surface area contributed by atoms with Crippen LogP contribution in [-0.4, -0.2) is 99.7 Å². The van der Waals surface area contributed by atoms with Gasteiger partial charge in [-0.2, -0.15) is 9.15 Å². The number of anilines is 3. The van der Waals surface area contributed by atoms with Crippen LogP contribution in [-0.2, 0) is 36.7 Å². The molecule has 2 aliphatic carbocycles. The highest BCUT2D eigenvalue weighted by Crippen LogP contribution is 2.52. The molecule has 20 heteroatoms. The summed E-state index contributed by atoms with van der Waals surface area (Å²) in [6, 6.07) is 28.6. The summed E-state index contributed by atoms with van der Waals surface area (Å²) in [5.74, 6) is -4.77. The number of carbonyl (C=O) groups excluding carboxylic acids is 2. The van der Waals surface area contributed by atoms with E-state index in [0.717, 1.165) is 75.8 Å².